The quantitative estimate of drug-likeness (QED) is 0.905. The molecule has 1 heterocycles. The summed E-state index contributed by atoms with van der Waals surface area (Å²) >= 11 is 0. The van der Waals surface area contributed by atoms with Crippen molar-refractivity contribution < 1.29 is 9.84 Å². The summed E-state index contributed by atoms with van der Waals surface area (Å²) in [5, 5.41) is 10.8. The van der Waals surface area contributed by atoms with Crippen LogP contribution in [0.3, 0.4) is 0 Å². The lowest BCUT2D eigenvalue weighted by atomic mass is 9.69. The van der Waals surface area contributed by atoms with Gasteiger partial charge in [-0.3, -0.25) is 4.98 Å². The average Bonchev–Trinajstić information content (AvgIpc) is 2.33. The molecule has 0 saturated heterocycles. The highest BCUT2D eigenvalue weighted by molar-refractivity contribution is 5.28. The summed E-state index contributed by atoms with van der Waals surface area (Å²) < 4.78 is 5.66. The van der Waals surface area contributed by atoms with Crippen LogP contribution in [0.15, 0.2) is 18.5 Å². The molecule has 0 spiro atoms. The molecule has 19 heavy (non-hydrogen) atoms. The third-order valence-corrected chi connectivity index (χ3v) is 4.05. The molecule has 0 radical (unpaired) electrons. The highest BCUT2D eigenvalue weighted by atomic mass is 16.5. The molecule has 0 amide bonds. The van der Waals surface area contributed by atoms with Crippen LogP contribution in [0.5, 0.6) is 5.75 Å². The van der Waals surface area contributed by atoms with Gasteiger partial charge in [-0.25, -0.2) is 0 Å². The van der Waals surface area contributed by atoms with Crippen LogP contribution in [-0.4, -0.2) is 16.2 Å². The molecule has 1 N–H and O–H groups in total. The number of rotatable bonds is 3. The first-order valence-corrected chi connectivity index (χ1v) is 7.15. The van der Waals surface area contributed by atoms with Gasteiger partial charge in [0.25, 0.3) is 0 Å². The first kappa shape index (κ1) is 14.3. The fourth-order valence-electron chi connectivity index (χ4n) is 2.64. The SMILES string of the molecule is CC(C)Oc1cncc(C2(O)CCC(C)(C)CC2)c1. The van der Waals surface area contributed by atoms with Gasteiger partial charge in [0.15, 0.2) is 0 Å². The molecule has 106 valence electrons. The number of hydrogen-bond donors (Lipinski definition) is 1. The van der Waals surface area contributed by atoms with Crippen LogP contribution in [0, 0.1) is 5.41 Å². The Labute approximate surface area is 116 Å². The maximum absolute atomic E-state index is 10.8. The third kappa shape index (κ3) is 3.47. The fourth-order valence-corrected chi connectivity index (χ4v) is 2.64. The van der Waals surface area contributed by atoms with Crippen molar-refractivity contribution in [3.8, 4) is 5.75 Å². The lowest BCUT2D eigenvalue weighted by Crippen LogP contribution is -2.34. The summed E-state index contributed by atoms with van der Waals surface area (Å²) in [4.78, 5) is 4.21. The van der Waals surface area contributed by atoms with Gasteiger partial charge >= 0.3 is 0 Å². The largest absolute Gasteiger partial charge is 0.489 e. The maximum atomic E-state index is 10.8. The van der Waals surface area contributed by atoms with Crippen molar-refractivity contribution in [1.82, 2.24) is 4.98 Å². The van der Waals surface area contributed by atoms with Crippen LogP contribution in [-0.2, 0) is 5.60 Å². The molecule has 3 nitrogen and oxygen atoms in total. The predicted molar refractivity (Wildman–Crippen MR) is 76.1 cm³/mol. The van der Waals surface area contributed by atoms with E-state index >= 15 is 0 Å². The van der Waals surface area contributed by atoms with Gasteiger partial charge in [0.1, 0.15) is 5.75 Å². The minimum atomic E-state index is -0.737. The summed E-state index contributed by atoms with van der Waals surface area (Å²) in [5.74, 6) is 0.741. The number of hydrogen-bond acceptors (Lipinski definition) is 3. The van der Waals surface area contributed by atoms with Crippen molar-refractivity contribution in [1.29, 1.82) is 0 Å². The van der Waals surface area contributed by atoms with E-state index in [0.29, 0.717) is 5.41 Å². The molecular weight excluding hydrogens is 238 g/mol. The van der Waals surface area contributed by atoms with E-state index in [0.717, 1.165) is 37.0 Å². The van der Waals surface area contributed by atoms with Crippen molar-refractivity contribution in [2.24, 2.45) is 5.41 Å². The molecule has 1 aromatic rings. The first-order valence-electron chi connectivity index (χ1n) is 7.15. The first-order chi connectivity index (χ1) is 8.81. The Morgan fingerprint density at radius 3 is 2.37 bits per heavy atom. The molecule has 0 unspecified atom stereocenters. The van der Waals surface area contributed by atoms with Gasteiger partial charge in [0, 0.05) is 11.8 Å². The monoisotopic (exact) mass is 263 g/mol. The van der Waals surface area contributed by atoms with Gasteiger partial charge in [-0.05, 0) is 51.0 Å². The van der Waals surface area contributed by atoms with Crippen LogP contribution in [0.25, 0.3) is 0 Å². The molecule has 1 aliphatic carbocycles. The molecule has 1 fully saturated rings. The van der Waals surface area contributed by atoms with Gasteiger partial charge in [-0.2, -0.15) is 0 Å². The standard InChI is InChI=1S/C16H25NO2/c1-12(2)19-14-9-13(10-17-11-14)16(18)7-5-15(3,4)6-8-16/h9-12,18H,5-8H2,1-4H3. The van der Waals surface area contributed by atoms with Crippen molar-refractivity contribution in [2.75, 3.05) is 0 Å². The van der Waals surface area contributed by atoms with E-state index in [9.17, 15) is 5.11 Å². The highest BCUT2D eigenvalue weighted by Crippen LogP contribution is 2.45. The lowest BCUT2D eigenvalue weighted by molar-refractivity contribution is -0.0310. The smallest absolute Gasteiger partial charge is 0.138 e. The molecule has 3 heteroatoms. The number of ether oxygens (including phenoxy) is 1. The van der Waals surface area contributed by atoms with Crippen LogP contribution in [0.1, 0.15) is 58.9 Å². The van der Waals surface area contributed by atoms with Crippen molar-refractivity contribution in [3.63, 3.8) is 0 Å². The summed E-state index contributed by atoms with van der Waals surface area (Å²) in [6.45, 7) is 8.52. The molecule has 2 rings (SSSR count). The van der Waals surface area contributed by atoms with E-state index in [-0.39, 0.29) is 6.10 Å². The van der Waals surface area contributed by atoms with Gasteiger partial charge in [-0.1, -0.05) is 13.8 Å². The highest BCUT2D eigenvalue weighted by Gasteiger charge is 2.38. The van der Waals surface area contributed by atoms with Gasteiger partial charge in [-0.15, -0.1) is 0 Å². The summed E-state index contributed by atoms with van der Waals surface area (Å²) in [6.07, 6.45) is 7.28. The zero-order chi connectivity index (χ0) is 14.1. The fraction of sp³-hybridized carbons (Fsp3) is 0.688. The predicted octanol–water partition coefficient (Wildman–Crippen LogP) is 3.66. The Bertz CT molecular complexity index is 430. The van der Waals surface area contributed by atoms with E-state index in [2.05, 4.69) is 18.8 Å². The Morgan fingerprint density at radius 2 is 1.79 bits per heavy atom. The van der Waals surface area contributed by atoms with Gasteiger partial charge in [0.2, 0.25) is 0 Å². The summed E-state index contributed by atoms with van der Waals surface area (Å²) in [5.41, 5.74) is 0.492. The Morgan fingerprint density at radius 1 is 1.16 bits per heavy atom. The minimum Gasteiger partial charge on any atom is -0.489 e. The average molecular weight is 263 g/mol. The zero-order valence-corrected chi connectivity index (χ0v) is 12.4. The van der Waals surface area contributed by atoms with E-state index in [1.54, 1.807) is 12.4 Å². The van der Waals surface area contributed by atoms with Gasteiger partial charge < -0.3 is 9.84 Å². The number of aromatic nitrogens is 1. The lowest BCUT2D eigenvalue weighted by Gasteiger charge is -2.40. The van der Waals surface area contributed by atoms with Crippen LogP contribution in [0.4, 0.5) is 0 Å². The maximum Gasteiger partial charge on any atom is 0.138 e. The second-order valence-electron chi connectivity index (χ2n) is 6.77. The molecule has 0 aliphatic heterocycles. The van der Waals surface area contributed by atoms with E-state index in [4.69, 9.17) is 4.74 Å². The second kappa shape index (κ2) is 5.12. The normalized spacial score (nSPS) is 21.4. The molecule has 1 aliphatic rings. The van der Waals surface area contributed by atoms with E-state index in [1.165, 1.54) is 0 Å². The zero-order valence-electron chi connectivity index (χ0n) is 12.4. The summed E-state index contributed by atoms with van der Waals surface area (Å²) in [6, 6.07) is 1.94. The number of aliphatic hydroxyl groups is 1. The van der Waals surface area contributed by atoms with Gasteiger partial charge in [0.05, 0.1) is 17.9 Å². The second-order valence-corrected chi connectivity index (χ2v) is 6.77. The number of nitrogens with zero attached hydrogens (tertiary/aromatic N) is 1. The third-order valence-electron chi connectivity index (χ3n) is 4.05. The van der Waals surface area contributed by atoms with E-state index in [1.807, 2.05) is 19.9 Å². The van der Waals surface area contributed by atoms with Crippen molar-refractivity contribution in [3.05, 3.63) is 24.0 Å². The minimum absolute atomic E-state index is 0.122. The molecular formula is C16H25NO2. The molecule has 1 aromatic heterocycles. The van der Waals surface area contributed by atoms with E-state index < -0.39 is 5.60 Å². The number of pyridine rings is 1. The molecule has 0 atom stereocenters. The van der Waals surface area contributed by atoms with Crippen LogP contribution >= 0.6 is 0 Å². The molecule has 0 bridgehead atoms. The van der Waals surface area contributed by atoms with Crippen molar-refractivity contribution in [2.45, 2.75) is 65.1 Å². The Kier molecular flexibility index (Phi) is 3.86. The van der Waals surface area contributed by atoms with Crippen LogP contribution < -0.4 is 4.74 Å². The topological polar surface area (TPSA) is 42.4 Å². The van der Waals surface area contributed by atoms with Crippen molar-refractivity contribution >= 4 is 0 Å². The molecule has 1 saturated carbocycles. The molecule has 0 aromatic carbocycles. The Balaban J connectivity index is 2.17. The summed E-state index contributed by atoms with van der Waals surface area (Å²) in [7, 11) is 0. The van der Waals surface area contributed by atoms with Crippen LogP contribution in [0.2, 0.25) is 0 Å². The Hall–Kier alpha value is -1.09.